The number of ether oxygens (including phenoxy) is 2. The Bertz CT molecular complexity index is 1660. The normalized spacial score (nSPS) is 13.0. The molecular formula is C32H28FN3O3. The van der Waals surface area contributed by atoms with Crippen molar-refractivity contribution in [1.29, 1.82) is 0 Å². The van der Waals surface area contributed by atoms with E-state index in [-0.39, 0.29) is 18.5 Å². The molecule has 6 rings (SSSR count). The van der Waals surface area contributed by atoms with Crippen LogP contribution >= 0.6 is 0 Å². The van der Waals surface area contributed by atoms with Crippen molar-refractivity contribution in [2.24, 2.45) is 0 Å². The largest absolute Gasteiger partial charge is 0.454 e. The van der Waals surface area contributed by atoms with Crippen molar-refractivity contribution in [1.82, 2.24) is 14.9 Å². The topological polar surface area (TPSA) is 65.4 Å². The van der Waals surface area contributed by atoms with Gasteiger partial charge in [-0.2, -0.15) is 0 Å². The van der Waals surface area contributed by atoms with Crippen LogP contribution in [0.2, 0.25) is 0 Å². The lowest BCUT2D eigenvalue weighted by Crippen LogP contribution is -2.33. The van der Waals surface area contributed by atoms with Gasteiger partial charge in [0.1, 0.15) is 17.7 Å². The Hall–Kier alpha value is -4.65. The summed E-state index contributed by atoms with van der Waals surface area (Å²) in [6.07, 6.45) is 0.450. The van der Waals surface area contributed by atoms with Crippen LogP contribution in [0.3, 0.4) is 0 Å². The van der Waals surface area contributed by atoms with Crippen LogP contribution in [0.4, 0.5) is 4.39 Å². The lowest BCUT2D eigenvalue weighted by atomic mass is 10.0. The highest BCUT2D eigenvalue weighted by atomic mass is 19.1. The molecule has 0 unspecified atom stereocenters. The van der Waals surface area contributed by atoms with Crippen molar-refractivity contribution in [2.75, 3.05) is 6.79 Å². The van der Waals surface area contributed by atoms with Crippen LogP contribution in [0.1, 0.15) is 39.7 Å². The van der Waals surface area contributed by atoms with E-state index in [0.29, 0.717) is 24.5 Å². The number of hydrogen-bond donors (Lipinski definition) is 1. The van der Waals surface area contributed by atoms with E-state index in [1.807, 2.05) is 53.1 Å². The Kier molecular flexibility index (Phi) is 6.49. The zero-order valence-electron chi connectivity index (χ0n) is 21.8. The van der Waals surface area contributed by atoms with Gasteiger partial charge in [0, 0.05) is 13.0 Å². The molecule has 1 N–H and O–H groups in total. The summed E-state index contributed by atoms with van der Waals surface area (Å²) in [4.78, 5) is 19.0. The maximum Gasteiger partial charge on any atom is 0.248 e. The second kappa shape index (κ2) is 10.3. The third-order valence-corrected chi connectivity index (χ3v) is 7.18. The third kappa shape index (κ3) is 4.95. The van der Waals surface area contributed by atoms with E-state index in [1.54, 1.807) is 12.1 Å². The number of carbonyl (C=O) groups excluding carboxylic acids is 1. The summed E-state index contributed by atoms with van der Waals surface area (Å²) in [5, 5.41) is 3.13. The average molecular weight is 522 g/mol. The Labute approximate surface area is 226 Å². The maximum absolute atomic E-state index is 14.0. The molecule has 1 aromatic heterocycles. The first-order valence-electron chi connectivity index (χ1n) is 12.9. The number of aryl methyl sites for hydroxylation is 2. The van der Waals surface area contributed by atoms with Crippen molar-refractivity contribution in [3.05, 3.63) is 124 Å². The number of benzene rings is 4. The number of nitrogens with zero attached hydrogens (tertiary/aromatic N) is 2. The fraction of sp³-hybridized carbons (Fsp3) is 0.188. The number of rotatable bonds is 7. The van der Waals surface area contributed by atoms with Gasteiger partial charge in [0.15, 0.2) is 11.5 Å². The molecule has 1 amide bonds. The molecule has 196 valence electrons. The standard InChI is InChI=1S/C32H28FN3O3/c1-20-14-26-27(15-21(20)2)36(30(35-26)17-22-8-11-25(33)12-9-22)31(24-6-4-3-5-7-24)32(37)34-18-23-10-13-28-29(16-23)39-19-38-28/h3-16,31H,17-19H2,1-2H3,(H,34,37)/t31-/m1/s1. The Morgan fingerprint density at radius 2 is 1.64 bits per heavy atom. The molecule has 0 fully saturated rings. The Balaban J connectivity index is 1.42. The molecule has 39 heavy (non-hydrogen) atoms. The minimum absolute atomic E-state index is 0.156. The third-order valence-electron chi connectivity index (χ3n) is 7.18. The number of fused-ring (bicyclic) bond motifs is 2. The van der Waals surface area contributed by atoms with Gasteiger partial charge in [-0.15, -0.1) is 0 Å². The number of imidazole rings is 1. The molecule has 1 aliphatic heterocycles. The van der Waals surface area contributed by atoms with Crippen molar-refractivity contribution < 1.29 is 18.7 Å². The van der Waals surface area contributed by atoms with E-state index in [4.69, 9.17) is 14.5 Å². The molecule has 7 heteroatoms. The summed E-state index contributed by atoms with van der Waals surface area (Å²) in [5.41, 5.74) is 6.61. The van der Waals surface area contributed by atoms with E-state index in [2.05, 4.69) is 31.3 Å². The second-order valence-electron chi connectivity index (χ2n) is 9.85. The molecule has 1 atom stereocenters. The minimum atomic E-state index is -0.664. The fourth-order valence-corrected chi connectivity index (χ4v) is 4.99. The minimum Gasteiger partial charge on any atom is -0.454 e. The lowest BCUT2D eigenvalue weighted by Gasteiger charge is -2.22. The van der Waals surface area contributed by atoms with Gasteiger partial charge >= 0.3 is 0 Å². The summed E-state index contributed by atoms with van der Waals surface area (Å²) in [5.74, 6) is 1.66. The first kappa shape index (κ1) is 24.7. The number of amides is 1. The van der Waals surface area contributed by atoms with Crippen molar-refractivity contribution in [2.45, 2.75) is 32.9 Å². The van der Waals surface area contributed by atoms with E-state index < -0.39 is 6.04 Å². The first-order chi connectivity index (χ1) is 19.0. The Morgan fingerprint density at radius 3 is 2.44 bits per heavy atom. The molecule has 0 aliphatic carbocycles. The van der Waals surface area contributed by atoms with Crippen molar-refractivity contribution in [3.8, 4) is 11.5 Å². The quantitative estimate of drug-likeness (QED) is 0.285. The number of hydrogen-bond acceptors (Lipinski definition) is 4. The highest BCUT2D eigenvalue weighted by molar-refractivity contribution is 5.87. The van der Waals surface area contributed by atoms with Crippen LogP contribution in [0.15, 0.2) is 84.9 Å². The van der Waals surface area contributed by atoms with Gasteiger partial charge in [-0.05, 0) is 78.1 Å². The SMILES string of the molecule is Cc1cc2nc(Cc3ccc(F)cc3)n([C@@H](C(=O)NCc3ccc4c(c3)OCO4)c3ccccc3)c2cc1C. The van der Waals surface area contributed by atoms with Crippen LogP contribution in [0.25, 0.3) is 11.0 Å². The monoisotopic (exact) mass is 521 g/mol. The van der Waals surface area contributed by atoms with Crippen LogP contribution in [0.5, 0.6) is 11.5 Å². The van der Waals surface area contributed by atoms with Gasteiger partial charge in [-0.3, -0.25) is 4.79 Å². The molecule has 0 spiro atoms. The molecule has 0 radical (unpaired) electrons. The van der Waals surface area contributed by atoms with Gasteiger partial charge in [0.2, 0.25) is 12.7 Å². The Morgan fingerprint density at radius 1 is 0.923 bits per heavy atom. The molecule has 6 nitrogen and oxygen atoms in total. The van der Waals surface area contributed by atoms with Gasteiger partial charge in [-0.25, -0.2) is 9.37 Å². The summed E-state index contributed by atoms with van der Waals surface area (Å²) in [6, 6.07) is 25.3. The first-order valence-corrected chi connectivity index (χ1v) is 12.9. The molecule has 2 heterocycles. The average Bonchev–Trinajstić information content (AvgIpc) is 3.54. The molecule has 4 aromatic carbocycles. The zero-order valence-corrected chi connectivity index (χ0v) is 21.8. The lowest BCUT2D eigenvalue weighted by molar-refractivity contribution is -0.123. The predicted octanol–water partition coefficient (Wildman–Crippen LogP) is 6.02. The second-order valence-corrected chi connectivity index (χ2v) is 9.85. The number of halogens is 1. The van der Waals surface area contributed by atoms with Gasteiger partial charge in [0.05, 0.1) is 11.0 Å². The number of aromatic nitrogens is 2. The molecule has 0 saturated heterocycles. The molecule has 0 saturated carbocycles. The summed E-state index contributed by atoms with van der Waals surface area (Å²) < 4.78 is 26.6. The van der Waals surface area contributed by atoms with Crippen LogP contribution in [0, 0.1) is 19.7 Å². The van der Waals surface area contributed by atoms with Crippen LogP contribution in [-0.4, -0.2) is 22.3 Å². The summed E-state index contributed by atoms with van der Waals surface area (Å²) in [6.45, 7) is 4.64. The van der Waals surface area contributed by atoms with E-state index in [1.165, 1.54) is 12.1 Å². The highest BCUT2D eigenvalue weighted by Crippen LogP contribution is 2.33. The molecular weight excluding hydrogens is 493 g/mol. The fourth-order valence-electron chi connectivity index (χ4n) is 4.99. The van der Waals surface area contributed by atoms with E-state index in [0.717, 1.165) is 44.7 Å². The number of carbonyl (C=O) groups is 1. The van der Waals surface area contributed by atoms with Crippen LogP contribution in [-0.2, 0) is 17.8 Å². The number of nitrogens with one attached hydrogen (secondary N) is 1. The molecule has 1 aliphatic rings. The smallest absolute Gasteiger partial charge is 0.248 e. The van der Waals surface area contributed by atoms with E-state index >= 15 is 0 Å². The van der Waals surface area contributed by atoms with Crippen LogP contribution < -0.4 is 14.8 Å². The van der Waals surface area contributed by atoms with Gasteiger partial charge in [0.25, 0.3) is 0 Å². The van der Waals surface area contributed by atoms with Crippen molar-refractivity contribution in [3.63, 3.8) is 0 Å². The summed E-state index contributed by atoms with van der Waals surface area (Å²) >= 11 is 0. The van der Waals surface area contributed by atoms with Gasteiger partial charge < -0.3 is 19.4 Å². The molecule has 0 bridgehead atoms. The zero-order chi connectivity index (χ0) is 26.9. The predicted molar refractivity (Wildman–Crippen MR) is 147 cm³/mol. The van der Waals surface area contributed by atoms with Gasteiger partial charge in [-0.1, -0.05) is 48.5 Å². The van der Waals surface area contributed by atoms with Crippen molar-refractivity contribution >= 4 is 16.9 Å². The highest BCUT2D eigenvalue weighted by Gasteiger charge is 2.28. The maximum atomic E-state index is 14.0. The summed E-state index contributed by atoms with van der Waals surface area (Å²) in [7, 11) is 0. The molecule has 5 aromatic rings. The van der Waals surface area contributed by atoms with E-state index in [9.17, 15) is 9.18 Å².